The van der Waals surface area contributed by atoms with Crippen molar-refractivity contribution in [1.82, 2.24) is 10.2 Å². The Morgan fingerprint density at radius 3 is 2.37 bits per heavy atom. The quantitative estimate of drug-likeness (QED) is 0.410. The fourth-order valence-corrected chi connectivity index (χ4v) is 2.94. The highest BCUT2D eigenvalue weighted by Crippen LogP contribution is 2.31. The van der Waals surface area contributed by atoms with Crippen molar-refractivity contribution in [3.8, 4) is 0 Å². The lowest BCUT2D eigenvalue weighted by atomic mass is 10.0. The molecule has 3 nitrogen and oxygen atoms in total. The Morgan fingerprint density at radius 1 is 1.27 bits per heavy atom. The number of nitrogens with zero attached hydrogens (tertiary/aromatic N) is 2. The lowest BCUT2D eigenvalue weighted by Crippen LogP contribution is -2.15. The summed E-state index contributed by atoms with van der Waals surface area (Å²) >= 11 is 0. The van der Waals surface area contributed by atoms with Gasteiger partial charge in [0.05, 0.1) is 0 Å². The lowest BCUT2D eigenvalue weighted by Gasteiger charge is -2.23. The molecular formula is C25H37F2N3. The van der Waals surface area contributed by atoms with Crippen molar-refractivity contribution < 1.29 is 8.78 Å². The third kappa shape index (κ3) is 8.52. The van der Waals surface area contributed by atoms with Crippen LogP contribution >= 0.6 is 0 Å². The summed E-state index contributed by atoms with van der Waals surface area (Å²) in [5, 5.41) is 3.12. The molecule has 166 valence electrons. The number of rotatable bonds is 9. The van der Waals surface area contributed by atoms with E-state index in [0.29, 0.717) is 11.6 Å². The first-order chi connectivity index (χ1) is 14.3. The molecule has 0 radical (unpaired) electrons. The van der Waals surface area contributed by atoms with E-state index < -0.39 is 6.43 Å². The van der Waals surface area contributed by atoms with E-state index in [-0.39, 0.29) is 5.57 Å². The smallest absolute Gasteiger partial charge is 0.265 e. The molecule has 5 heteroatoms. The SMILES string of the molecule is C=C1C=CC(C(F)F)=CN1/C=C(\CC)C(C)C.C=CN/C(=C/C(=NC)C1CC1)CC. The monoisotopic (exact) mass is 417 g/mol. The van der Waals surface area contributed by atoms with Gasteiger partial charge in [-0.3, -0.25) is 4.99 Å². The Bertz CT molecular complexity index is 735. The molecule has 0 saturated heterocycles. The first kappa shape index (κ1) is 25.6. The Labute approximate surface area is 181 Å². The second-order valence-electron chi connectivity index (χ2n) is 7.67. The highest BCUT2D eigenvalue weighted by atomic mass is 19.3. The summed E-state index contributed by atoms with van der Waals surface area (Å²) in [6.45, 7) is 15.9. The Balaban J connectivity index is 0.000000311. The second kappa shape index (κ2) is 13.0. The standard InChI is InChI=1S/C14H19F2N.C11H18N2/c1-5-12(10(2)3)8-17-9-13(14(15)16)7-6-11(17)4;1-4-10(13-5-2)8-11(12-3)9-6-7-9/h6-10,14H,4-5H2,1-3H3;5,8-9,13H,2,4,6-7H2,1,3H3/b12-8+;10-8+,12-11?. The summed E-state index contributed by atoms with van der Waals surface area (Å²) in [4.78, 5) is 5.97. The Kier molecular flexibility index (Phi) is 11.1. The zero-order valence-electron chi connectivity index (χ0n) is 19.1. The summed E-state index contributed by atoms with van der Waals surface area (Å²) in [7, 11) is 1.87. The average Bonchev–Trinajstić information content (AvgIpc) is 3.55. The van der Waals surface area contributed by atoms with E-state index >= 15 is 0 Å². The number of halogens is 2. The van der Waals surface area contributed by atoms with Crippen LogP contribution in [0.4, 0.5) is 8.78 Å². The van der Waals surface area contributed by atoms with Gasteiger partial charge >= 0.3 is 0 Å². The summed E-state index contributed by atoms with van der Waals surface area (Å²) in [6, 6.07) is 0. The first-order valence-electron chi connectivity index (χ1n) is 10.7. The van der Waals surface area contributed by atoms with Crippen molar-refractivity contribution in [2.24, 2.45) is 16.8 Å². The van der Waals surface area contributed by atoms with Gasteiger partial charge in [-0.15, -0.1) is 0 Å². The molecule has 0 aromatic rings. The Morgan fingerprint density at radius 2 is 1.93 bits per heavy atom. The van der Waals surface area contributed by atoms with Crippen LogP contribution < -0.4 is 5.32 Å². The van der Waals surface area contributed by atoms with Crippen LogP contribution in [0.3, 0.4) is 0 Å². The van der Waals surface area contributed by atoms with Gasteiger partial charge in [-0.2, -0.15) is 0 Å². The normalized spacial score (nSPS) is 17.8. The van der Waals surface area contributed by atoms with Gasteiger partial charge in [0.1, 0.15) is 0 Å². The fourth-order valence-electron chi connectivity index (χ4n) is 2.94. The van der Waals surface area contributed by atoms with Gasteiger partial charge in [-0.05, 0) is 56.0 Å². The van der Waals surface area contributed by atoms with E-state index in [1.165, 1.54) is 42.1 Å². The molecule has 0 aromatic carbocycles. The van der Waals surface area contributed by atoms with Gasteiger partial charge in [0, 0.05) is 48.0 Å². The highest BCUT2D eigenvalue weighted by molar-refractivity contribution is 5.98. The molecule has 0 amide bonds. The molecule has 1 fully saturated rings. The molecule has 1 N–H and O–H groups in total. The number of allylic oxidation sites excluding steroid dienone is 6. The Hall–Kier alpha value is -2.43. The van der Waals surface area contributed by atoms with E-state index in [1.54, 1.807) is 17.2 Å². The minimum absolute atomic E-state index is 0.0212. The maximum Gasteiger partial charge on any atom is 0.265 e. The van der Waals surface area contributed by atoms with E-state index in [9.17, 15) is 8.78 Å². The van der Waals surface area contributed by atoms with Gasteiger partial charge in [-0.25, -0.2) is 8.78 Å². The van der Waals surface area contributed by atoms with E-state index in [1.807, 2.05) is 13.2 Å². The summed E-state index contributed by atoms with van der Waals surface area (Å²) < 4.78 is 25.2. The van der Waals surface area contributed by atoms with Gasteiger partial charge in [0.15, 0.2) is 0 Å². The van der Waals surface area contributed by atoms with Crippen LogP contribution in [0.25, 0.3) is 0 Å². The van der Waals surface area contributed by atoms with Gasteiger partial charge in [0.2, 0.25) is 0 Å². The van der Waals surface area contributed by atoms with Crippen LogP contribution in [-0.4, -0.2) is 24.1 Å². The van der Waals surface area contributed by atoms with Crippen LogP contribution in [-0.2, 0) is 0 Å². The molecule has 2 rings (SSSR count). The number of hydrogen-bond acceptors (Lipinski definition) is 3. The second-order valence-corrected chi connectivity index (χ2v) is 7.67. The maximum atomic E-state index is 12.6. The van der Waals surface area contributed by atoms with E-state index in [4.69, 9.17) is 0 Å². The van der Waals surface area contributed by atoms with E-state index in [2.05, 4.69) is 57.2 Å². The predicted molar refractivity (Wildman–Crippen MR) is 125 cm³/mol. The van der Waals surface area contributed by atoms with Crippen molar-refractivity contribution in [3.05, 3.63) is 72.5 Å². The van der Waals surface area contributed by atoms with Crippen LogP contribution in [0, 0.1) is 11.8 Å². The average molecular weight is 418 g/mol. The van der Waals surface area contributed by atoms with Crippen molar-refractivity contribution in [3.63, 3.8) is 0 Å². The molecule has 0 unspecified atom stereocenters. The molecule has 0 atom stereocenters. The van der Waals surface area contributed by atoms with E-state index in [0.717, 1.165) is 18.8 Å². The highest BCUT2D eigenvalue weighted by Gasteiger charge is 2.25. The molecule has 1 heterocycles. The third-order valence-electron chi connectivity index (χ3n) is 5.04. The third-order valence-corrected chi connectivity index (χ3v) is 5.04. The summed E-state index contributed by atoms with van der Waals surface area (Å²) in [6.07, 6.45) is 12.3. The zero-order chi connectivity index (χ0) is 22.7. The first-order valence-corrected chi connectivity index (χ1v) is 10.7. The molecule has 1 aliphatic carbocycles. The fraction of sp³-hybridized carbons (Fsp3) is 0.480. The molecular weight excluding hydrogens is 380 g/mol. The maximum absolute atomic E-state index is 12.6. The molecule has 0 aromatic heterocycles. The minimum atomic E-state index is -2.45. The molecule has 1 saturated carbocycles. The van der Waals surface area contributed by atoms with Gasteiger partial charge in [-0.1, -0.05) is 46.4 Å². The van der Waals surface area contributed by atoms with Crippen LogP contribution in [0.5, 0.6) is 0 Å². The van der Waals surface area contributed by atoms with Crippen molar-refractivity contribution in [2.45, 2.75) is 59.8 Å². The largest absolute Gasteiger partial charge is 0.366 e. The molecule has 2 aliphatic rings. The number of nitrogens with one attached hydrogen (secondary N) is 1. The topological polar surface area (TPSA) is 27.6 Å². The molecule has 30 heavy (non-hydrogen) atoms. The van der Waals surface area contributed by atoms with Crippen LogP contribution in [0.15, 0.2) is 77.5 Å². The van der Waals surface area contributed by atoms with Crippen molar-refractivity contribution >= 4 is 5.71 Å². The van der Waals surface area contributed by atoms with Gasteiger partial charge in [0.25, 0.3) is 6.43 Å². The summed E-state index contributed by atoms with van der Waals surface area (Å²) in [5.74, 6) is 1.13. The zero-order valence-corrected chi connectivity index (χ0v) is 19.1. The lowest BCUT2D eigenvalue weighted by molar-refractivity contribution is 0.192. The van der Waals surface area contributed by atoms with Crippen LogP contribution in [0.1, 0.15) is 53.4 Å². The summed E-state index contributed by atoms with van der Waals surface area (Å²) in [5.41, 5.74) is 4.37. The predicted octanol–water partition coefficient (Wildman–Crippen LogP) is 6.97. The van der Waals surface area contributed by atoms with Crippen molar-refractivity contribution in [1.29, 1.82) is 0 Å². The van der Waals surface area contributed by atoms with Crippen LogP contribution in [0.2, 0.25) is 0 Å². The van der Waals surface area contributed by atoms with Gasteiger partial charge < -0.3 is 10.2 Å². The molecule has 0 spiro atoms. The number of hydrogen-bond donors (Lipinski definition) is 1. The minimum Gasteiger partial charge on any atom is -0.366 e. The number of aliphatic imine (C=N–C) groups is 1. The molecule has 1 aliphatic heterocycles. The number of alkyl halides is 2. The molecule has 0 bridgehead atoms. The van der Waals surface area contributed by atoms with Crippen molar-refractivity contribution in [2.75, 3.05) is 7.05 Å².